The average molecular weight is 575 g/mol. The number of benzene rings is 1. The fourth-order valence-corrected chi connectivity index (χ4v) is 4.41. The zero-order valence-electron chi connectivity index (χ0n) is 23.5. The lowest BCUT2D eigenvalue weighted by atomic mass is 9.96. The number of nitrogens with one attached hydrogen (secondary N) is 4. The van der Waals surface area contributed by atoms with E-state index >= 15 is 0 Å². The molecule has 13 nitrogen and oxygen atoms in total. The molecule has 0 spiro atoms. The molecule has 0 aliphatic rings. The van der Waals surface area contributed by atoms with Gasteiger partial charge in [-0.15, -0.1) is 0 Å². The van der Waals surface area contributed by atoms with E-state index in [0.717, 1.165) is 16.5 Å². The average Bonchev–Trinajstić information content (AvgIpc) is 3.34. The molecule has 0 aliphatic carbocycles. The third-order valence-electron chi connectivity index (χ3n) is 7.09. The molecule has 226 valence electrons. The van der Waals surface area contributed by atoms with Gasteiger partial charge in [-0.2, -0.15) is 0 Å². The van der Waals surface area contributed by atoms with E-state index in [1.807, 2.05) is 31.2 Å². The number of unbranched alkanes of at least 4 members (excludes halogenated alkanes) is 1. The lowest BCUT2D eigenvalue weighted by Gasteiger charge is -2.28. The van der Waals surface area contributed by atoms with Gasteiger partial charge in [0.05, 0.1) is 6.04 Å². The normalized spacial score (nSPS) is 14.8. The number of fused-ring (bicyclic) bond motifs is 1. The molecule has 1 aromatic heterocycles. The second-order valence-electron chi connectivity index (χ2n) is 10.2. The molecule has 0 bridgehead atoms. The molecule has 0 fully saturated rings. The number of para-hydroxylation sites is 1. The van der Waals surface area contributed by atoms with Gasteiger partial charge in [-0.1, -0.05) is 38.5 Å². The van der Waals surface area contributed by atoms with Gasteiger partial charge in [0.15, 0.2) is 0 Å². The molecule has 2 aromatic rings. The Morgan fingerprint density at radius 2 is 1.61 bits per heavy atom. The van der Waals surface area contributed by atoms with Crippen molar-refractivity contribution < 1.29 is 34.2 Å². The topological polar surface area (TPSA) is 230 Å². The minimum absolute atomic E-state index is 0.123. The standard InChI is InChI=1S/C28H42N6O7/c1-3-16(2)24(34-25(37)19(30)14-17-15-31-20-9-5-4-8-18(17)20)27(39)32-21(11-12-23(35)36)26(38)33-22(28(40)41)10-6-7-13-29/h4-5,8-9,15-16,19,21-22,24,31H,3,6-7,10-14,29-30H2,1-2H3,(H,32,39)(H,33,38)(H,34,37)(H,35,36)(H,40,41). The van der Waals surface area contributed by atoms with Gasteiger partial charge in [-0.25, -0.2) is 4.79 Å². The Bertz CT molecular complexity index is 1200. The van der Waals surface area contributed by atoms with E-state index in [2.05, 4.69) is 20.9 Å². The van der Waals surface area contributed by atoms with Gasteiger partial charge in [-0.3, -0.25) is 19.2 Å². The van der Waals surface area contributed by atoms with Crippen LogP contribution in [0.2, 0.25) is 0 Å². The summed E-state index contributed by atoms with van der Waals surface area (Å²) in [6.45, 7) is 3.95. The van der Waals surface area contributed by atoms with Crippen LogP contribution in [0.25, 0.3) is 10.9 Å². The van der Waals surface area contributed by atoms with Crippen molar-refractivity contribution in [2.45, 2.75) is 83.0 Å². The smallest absolute Gasteiger partial charge is 0.326 e. The first-order valence-corrected chi connectivity index (χ1v) is 13.8. The number of nitrogens with two attached hydrogens (primary N) is 2. The lowest BCUT2D eigenvalue weighted by Crippen LogP contribution is -2.58. The summed E-state index contributed by atoms with van der Waals surface area (Å²) in [5.74, 6) is -4.89. The summed E-state index contributed by atoms with van der Waals surface area (Å²) in [5.41, 5.74) is 13.4. The molecular weight excluding hydrogens is 532 g/mol. The highest BCUT2D eigenvalue weighted by atomic mass is 16.4. The number of hydrogen-bond donors (Lipinski definition) is 8. The van der Waals surface area contributed by atoms with Crippen LogP contribution in [0, 0.1) is 5.92 Å². The first-order valence-electron chi connectivity index (χ1n) is 13.8. The lowest BCUT2D eigenvalue weighted by molar-refractivity contribution is -0.143. The Morgan fingerprint density at radius 3 is 2.24 bits per heavy atom. The third kappa shape index (κ3) is 10.2. The maximum Gasteiger partial charge on any atom is 0.326 e. The zero-order chi connectivity index (χ0) is 30.5. The van der Waals surface area contributed by atoms with Crippen LogP contribution in [0.4, 0.5) is 0 Å². The molecule has 5 unspecified atom stereocenters. The highest BCUT2D eigenvalue weighted by molar-refractivity contribution is 5.94. The fraction of sp³-hybridized carbons (Fsp3) is 0.536. The largest absolute Gasteiger partial charge is 0.481 e. The molecule has 1 heterocycles. The highest BCUT2D eigenvalue weighted by Gasteiger charge is 2.32. The zero-order valence-corrected chi connectivity index (χ0v) is 23.5. The van der Waals surface area contributed by atoms with Gasteiger partial charge in [0.1, 0.15) is 18.1 Å². The van der Waals surface area contributed by atoms with Crippen molar-refractivity contribution >= 4 is 40.6 Å². The number of hydrogen-bond acceptors (Lipinski definition) is 7. The van der Waals surface area contributed by atoms with Crippen LogP contribution in [0.5, 0.6) is 0 Å². The quantitative estimate of drug-likeness (QED) is 0.116. The summed E-state index contributed by atoms with van der Waals surface area (Å²) in [6.07, 6.45) is 2.93. The van der Waals surface area contributed by atoms with Crippen LogP contribution in [-0.4, -0.2) is 75.6 Å². The summed E-state index contributed by atoms with van der Waals surface area (Å²) < 4.78 is 0. The van der Waals surface area contributed by atoms with Crippen molar-refractivity contribution in [3.63, 3.8) is 0 Å². The summed E-state index contributed by atoms with van der Waals surface area (Å²) in [6, 6.07) is 2.98. The molecule has 5 atom stereocenters. The van der Waals surface area contributed by atoms with E-state index < -0.39 is 60.2 Å². The summed E-state index contributed by atoms with van der Waals surface area (Å²) in [4.78, 5) is 65.4. The second-order valence-corrected chi connectivity index (χ2v) is 10.2. The molecule has 1 aromatic carbocycles. The number of carbonyl (C=O) groups excluding carboxylic acids is 3. The molecule has 41 heavy (non-hydrogen) atoms. The number of amides is 3. The Balaban J connectivity index is 2.14. The van der Waals surface area contributed by atoms with Crippen molar-refractivity contribution in [1.29, 1.82) is 0 Å². The number of carboxylic acid groups (broad SMARTS) is 2. The third-order valence-corrected chi connectivity index (χ3v) is 7.09. The minimum atomic E-state index is -1.33. The molecule has 0 radical (unpaired) electrons. The number of carbonyl (C=O) groups is 5. The molecule has 10 N–H and O–H groups in total. The van der Waals surface area contributed by atoms with E-state index in [-0.39, 0.29) is 25.2 Å². The van der Waals surface area contributed by atoms with E-state index in [1.165, 1.54) is 0 Å². The predicted octanol–water partition coefficient (Wildman–Crippen LogP) is 0.617. The van der Waals surface area contributed by atoms with Crippen molar-refractivity contribution in [2.24, 2.45) is 17.4 Å². The van der Waals surface area contributed by atoms with Crippen molar-refractivity contribution in [3.05, 3.63) is 36.0 Å². The Hall–Kier alpha value is -3.97. The van der Waals surface area contributed by atoms with Crippen LogP contribution in [0.15, 0.2) is 30.5 Å². The van der Waals surface area contributed by atoms with Crippen LogP contribution in [-0.2, 0) is 30.4 Å². The van der Waals surface area contributed by atoms with Gasteiger partial charge in [-0.05, 0) is 56.2 Å². The maximum atomic E-state index is 13.4. The summed E-state index contributed by atoms with van der Waals surface area (Å²) in [5, 5.41) is 27.2. The summed E-state index contributed by atoms with van der Waals surface area (Å²) >= 11 is 0. The van der Waals surface area contributed by atoms with Crippen LogP contribution < -0.4 is 27.4 Å². The van der Waals surface area contributed by atoms with Gasteiger partial charge in [0, 0.05) is 23.5 Å². The molecular formula is C28H42N6O7. The number of carboxylic acids is 2. The van der Waals surface area contributed by atoms with Crippen LogP contribution in [0.1, 0.15) is 57.9 Å². The molecule has 2 rings (SSSR count). The number of aromatic amines is 1. The van der Waals surface area contributed by atoms with E-state index in [4.69, 9.17) is 16.6 Å². The SMILES string of the molecule is CCC(C)C(NC(=O)C(N)Cc1c[nH]c2ccccc12)C(=O)NC(CCC(=O)O)C(=O)NC(CCCCN)C(=O)O. The first-order chi connectivity index (χ1) is 19.5. The van der Waals surface area contributed by atoms with Gasteiger partial charge in [0.2, 0.25) is 17.7 Å². The first kappa shape index (κ1) is 33.2. The van der Waals surface area contributed by atoms with Crippen LogP contribution in [0.3, 0.4) is 0 Å². The number of aromatic nitrogens is 1. The molecule has 13 heteroatoms. The van der Waals surface area contributed by atoms with Gasteiger partial charge in [0.25, 0.3) is 0 Å². The fourth-order valence-electron chi connectivity index (χ4n) is 4.41. The highest BCUT2D eigenvalue weighted by Crippen LogP contribution is 2.19. The molecule has 3 amide bonds. The number of aliphatic carboxylic acids is 2. The Labute approximate surface area is 238 Å². The van der Waals surface area contributed by atoms with Crippen molar-refractivity contribution in [3.8, 4) is 0 Å². The number of rotatable bonds is 18. The Morgan fingerprint density at radius 1 is 0.927 bits per heavy atom. The minimum Gasteiger partial charge on any atom is -0.481 e. The van der Waals surface area contributed by atoms with E-state index in [0.29, 0.717) is 25.8 Å². The molecule has 0 saturated heterocycles. The second kappa shape index (κ2) is 16.3. The van der Waals surface area contributed by atoms with E-state index in [1.54, 1.807) is 13.1 Å². The van der Waals surface area contributed by atoms with Crippen molar-refractivity contribution in [1.82, 2.24) is 20.9 Å². The molecule has 0 aliphatic heterocycles. The monoisotopic (exact) mass is 574 g/mol. The maximum absolute atomic E-state index is 13.4. The van der Waals surface area contributed by atoms with E-state index in [9.17, 15) is 29.1 Å². The van der Waals surface area contributed by atoms with Gasteiger partial charge >= 0.3 is 11.9 Å². The van der Waals surface area contributed by atoms with Gasteiger partial charge < -0.3 is 42.6 Å². The molecule has 0 saturated carbocycles. The van der Waals surface area contributed by atoms with Crippen LogP contribution >= 0.6 is 0 Å². The van der Waals surface area contributed by atoms with Crippen molar-refractivity contribution in [2.75, 3.05) is 6.54 Å². The number of H-pyrrole nitrogens is 1. The summed E-state index contributed by atoms with van der Waals surface area (Å²) in [7, 11) is 0. The predicted molar refractivity (Wildman–Crippen MR) is 153 cm³/mol. The Kier molecular flexibility index (Phi) is 13.2.